The second-order valence-electron chi connectivity index (χ2n) is 19.6. The zero-order chi connectivity index (χ0) is 45.8. The molecule has 0 aliphatic rings. The molecule has 6 heteroatoms. The molecule has 0 heterocycles. The number of aliphatic hydroxyl groups is 2. The van der Waals surface area contributed by atoms with Gasteiger partial charge in [0.05, 0.1) is 25.4 Å². The molecule has 2 atom stereocenters. The van der Waals surface area contributed by atoms with Crippen LogP contribution in [0.1, 0.15) is 316 Å². The molecule has 0 aromatic heterocycles. The van der Waals surface area contributed by atoms with Crippen molar-refractivity contribution in [1.82, 2.24) is 5.32 Å². The van der Waals surface area contributed by atoms with E-state index in [0.717, 1.165) is 64.2 Å². The van der Waals surface area contributed by atoms with Crippen molar-refractivity contribution in [3.63, 3.8) is 0 Å². The average Bonchev–Trinajstić information content (AvgIpc) is 3.28. The molecule has 0 saturated carbocycles. The van der Waals surface area contributed by atoms with Crippen molar-refractivity contribution in [2.45, 2.75) is 328 Å². The van der Waals surface area contributed by atoms with Gasteiger partial charge in [0.1, 0.15) is 0 Å². The Hall–Kier alpha value is -1.40. The molecule has 2 unspecified atom stereocenters. The summed E-state index contributed by atoms with van der Waals surface area (Å²) >= 11 is 0. The van der Waals surface area contributed by atoms with Crippen molar-refractivity contribution in [3.8, 4) is 0 Å². The number of rotatable bonds is 53. The lowest BCUT2D eigenvalue weighted by Crippen LogP contribution is -2.45. The van der Waals surface area contributed by atoms with Gasteiger partial charge in [0.25, 0.3) is 0 Å². The van der Waals surface area contributed by atoms with Crippen LogP contribution in [0.25, 0.3) is 0 Å². The number of nitrogens with one attached hydrogen (secondary N) is 1. The molecular weight excluding hydrogens is 779 g/mol. The fourth-order valence-corrected chi connectivity index (χ4v) is 8.93. The van der Waals surface area contributed by atoms with Crippen LogP contribution in [0.4, 0.5) is 0 Å². The molecule has 0 aromatic rings. The third-order valence-electron chi connectivity index (χ3n) is 13.3. The Balaban J connectivity index is 3.47. The molecule has 0 aliphatic carbocycles. The second kappa shape index (κ2) is 53.2. The number of esters is 1. The van der Waals surface area contributed by atoms with Gasteiger partial charge in [-0.1, -0.05) is 264 Å². The van der Waals surface area contributed by atoms with Crippen LogP contribution in [0.15, 0.2) is 12.2 Å². The molecule has 6 nitrogen and oxygen atoms in total. The van der Waals surface area contributed by atoms with Crippen LogP contribution < -0.4 is 5.32 Å². The summed E-state index contributed by atoms with van der Waals surface area (Å²) < 4.78 is 5.45. The minimum absolute atomic E-state index is 0.00251. The number of unbranched alkanes of at least 4 members (excludes halogenated alkanes) is 40. The number of amides is 1. The lowest BCUT2D eigenvalue weighted by molar-refractivity contribution is -0.143. The second-order valence-corrected chi connectivity index (χ2v) is 19.6. The third-order valence-corrected chi connectivity index (χ3v) is 13.3. The highest BCUT2D eigenvalue weighted by Crippen LogP contribution is 2.17. The predicted molar refractivity (Wildman–Crippen MR) is 273 cm³/mol. The van der Waals surface area contributed by atoms with E-state index >= 15 is 0 Å². The highest BCUT2D eigenvalue weighted by Gasteiger charge is 2.20. The fourth-order valence-electron chi connectivity index (χ4n) is 8.93. The summed E-state index contributed by atoms with van der Waals surface area (Å²) in [7, 11) is 0. The molecule has 0 rings (SSSR count). The maximum atomic E-state index is 12.5. The van der Waals surface area contributed by atoms with Gasteiger partial charge in [-0.15, -0.1) is 0 Å². The first-order valence-electron chi connectivity index (χ1n) is 28.4. The first kappa shape index (κ1) is 61.6. The summed E-state index contributed by atoms with van der Waals surface area (Å²) in [5.74, 6) is -0.0517. The van der Waals surface area contributed by atoms with Crippen molar-refractivity contribution < 1.29 is 24.5 Å². The molecule has 374 valence electrons. The highest BCUT2D eigenvalue weighted by atomic mass is 16.5. The number of ether oxygens (including phenoxy) is 1. The van der Waals surface area contributed by atoms with Crippen molar-refractivity contribution in [1.29, 1.82) is 0 Å². The van der Waals surface area contributed by atoms with E-state index in [4.69, 9.17) is 4.74 Å². The van der Waals surface area contributed by atoms with Gasteiger partial charge in [0, 0.05) is 12.8 Å². The minimum atomic E-state index is -0.674. The molecule has 0 aromatic carbocycles. The smallest absolute Gasteiger partial charge is 0.305 e. The molecule has 0 radical (unpaired) electrons. The third kappa shape index (κ3) is 49.9. The number of aliphatic hydroxyl groups excluding tert-OH is 2. The van der Waals surface area contributed by atoms with Crippen molar-refractivity contribution in [3.05, 3.63) is 12.2 Å². The molecule has 0 fully saturated rings. The Bertz CT molecular complexity index is 939. The summed E-state index contributed by atoms with van der Waals surface area (Å²) in [4.78, 5) is 24.5. The summed E-state index contributed by atoms with van der Waals surface area (Å²) in [5, 5.41) is 23.3. The molecule has 1 amide bonds. The van der Waals surface area contributed by atoms with Gasteiger partial charge in [0.2, 0.25) is 5.91 Å². The Kier molecular flexibility index (Phi) is 52.0. The maximum absolute atomic E-state index is 12.5. The van der Waals surface area contributed by atoms with E-state index < -0.39 is 12.1 Å². The van der Waals surface area contributed by atoms with Crippen molar-refractivity contribution in [2.75, 3.05) is 13.2 Å². The normalized spacial score (nSPS) is 12.6. The van der Waals surface area contributed by atoms with Crippen LogP contribution >= 0.6 is 0 Å². The van der Waals surface area contributed by atoms with E-state index in [1.54, 1.807) is 0 Å². The standard InChI is InChI=1S/C57H111NO5/c1-3-5-7-9-11-13-15-16-17-18-19-20-23-26-30-33-37-41-45-49-55(60)54(53-59)58-56(61)50-46-42-38-34-31-27-24-21-22-25-28-32-36-40-44-48-52-63-57(62)51-47-43-39-35-29-14-12-10-8-6-4-2/h21,24,54-55,59-60H,3-20,22-23,25-53H2,1-2H3,(H,58,61)/b24-21-. The summed E-state index contributed by atoms with van der Waals surface area (Å²) in [6.07, 6.45) is 61.9. The number of carbonyl (C=O) groups excluding carboxylic acids is 2. The van der Waals surface area contributed by atoms with Gasteiger partial charge in [-0.05, 0) is 51.4 Å². The van der Waals surface area contributed by atoms with Gasteiger partial charge in [-0.3, -0.25) is 9.59 Å². The Morgan fingerprint density at radius 3 is 1.13 bits per heavy atom. The predicted octanol–water partition coefficient (Wildman–Crippen LogP) is 17.3. The van der Waals surface area contributed by atoms with Crippen LogP contribution in [0.5, 0.6) is 0 Å². The number of hydrogen-bond acceptors (Lipinski definition) is 5. The lowest BCUT2D eigenvalue weighted by Gasteiger charge is -2.22. The topological polar surface area (TPSA) is 95.9 Å². The van der Waals surface area contributed by atoms with Gasteiger partial charge in [0.15, 0.2) is 0 Å². The minimum Gasteiger partial charge on any atom is -0.466 e. The van der Waals surface area contributed by atoms with E-state index in [1.807, 2.05) is 0 Å². The maximum Gasteiger partial charge on any atom is 0.305 e. The van der Waals surface area contributed by atoms with Gasteiger partial charge >= 0.3 is 5.97 Å². The molecule has 63 heavy (non-hydrogen) atoms. The van der Waals surface area contributed by atoms with Crippen molar-refractivity contribution in [2.24, 2.45) is 0 Å². The highest BCUT2D eigenvalue weighted by molar-refractivity contribution is 5.76. The van der Waals surface area contributed by atoms with Crippen LogP contribution in [0.2, 0.25) is 0 Å². The molecule has 0 aliphatic heterocycles. The summed E-state index contributed by atoms with van der Waals surface area (Å²) in [6.45, 7) is 4.94. The van der Waals surface area contributed by atoms with Gasteiger partial charge < -0.3 is 20.3 Å². The van der Waals surface area contributed by atoms with E-state index in [2.05, 4.69) is 31.3 Å². The fraction of sp³-hybridized carbons (Fsp3) is 0.930. The quantitative estimate of drug-likeness (QED) is 0.0321. The van der Waals surface area contributed by atoms with Crippen LogP contribution in [-0.4, -0.2) is 47.4 Å². The van der Waals surface area contributed by atoms with Gasteiger partial charge in [-0.2, -0.15) is 0 Å². The molecule has 0 saturated heterocycles. The monoisotopic (exact) mass is 890 g/mol. The molecular formula is C57H111NO5. The van der Waals surface area contributed by atoms with E-state index in [0.29, 0.717) is 25.9 Å². The number of carbonyl (C=O) groups is 2. The Morgan fingerprint density at radius 1 is 0.429 bits per heavy atom. The van der Waals surface area contributed by atoms with Crippen LogP contribution in [0.3, 0.4) is 0 Å². The van der Waals surface area contributed by atoms with Crippen molar-refractivity contribution >= 4 is 11.9 Å². The van der Waals surface area contributed by atoms with Crippen LogP contribution in [0, 0.1) is 0 Å². The van der Waals surface area contributed by atoms with E-state index in [1.165, 1.54) is 218 Å². The zero-order valence-electron chi connectivity index (χ0n) is 42.6. The lowest BCUT2D eigenvalue weighted by atomic mass is 10.0. The SMILES string of the molecule is CCCCCCCCCCCCCCCCCCCCCC(O)C(CO)NC(=O)CCCCCCC/C=C\CCCCCCCCCOC(=O)CCCCCCCCCCCCC. The van der Waals surface area contributed by atoms with E-state index in [9.17, 15) is 19.8 Å². The van der Waals surface area contributed by atoms with E-state index in [-0.39, 0.29) is 18.5 Å². The zero-order valence-corrected chi connectivity index (χ0v) is 42.6. The largest absolute Gasteiger partial charge is 0.466 e. The molecule has 0 bridgehead atoms. The summed E-state index contributed by atoms with van der Waals surface area (Å²) in [5.41, 5.74) is 0. The van der Waals surface area contributed by atoms with Gasteiger partial charge in [-0.25, -0.2) is 0 Å². The number of allylic oxidation sites excluding steroid dienone is 2. The average molecular weight is 891 g/mol. The molecule has 3 N–H and O–H groups in total. The first-order chi connectivity index (χ1) is 31.0. The number of hydrogen-bond donors (Lipinski definition) is 3. The first-order valence-corrected chi connectivity index (χ1v) is 28.4. The van der Waals surface area contributed by atoms with Crippen LogP contribution in [-0.2, 0) is 14.3 Å². The summed E-state index contributed by atoms with van der Waals surface area (Å²) in [6, 6.07) is -0.553. The molecule has 0 spiro atoms. The Labute approximate surface area is 393 Å². The Morgan fingerprint density at radius 2 is 0.746 bits per heavy atom.